The molecular weight excluding hydrogens is 302 g/mol. The molecule has 1 atom stereocenters. The average Bonchev–Trinajstić information content (AvgIpc) is 3.14. The summed E-state index contributed by atoms with van der Waals surface area (Å²) >= 11 is 0. The first-order valence-corrected chi connectivity index (χ1v) is 8.76. The third-order valence-electron chi connectivity index (χ3n) is 5.09. The molecule has 1 saturated heterocycles. The number of amides is 1. The van der Waals surface area contributed by atoms with Gasteiger partial charge < -0.3 is 9.32 Å². The van der Waals surface area contributed by atoms with Gasteiger partial charge in [0.05, 0.1) is 18.7 Å². The number of rotatable bonds is 3. The Labute approximate surface area is 142 Å². The number of nitrogens with zero attached hydrogens (tertiary/aromatic N) is 3. The highest BCUT2D eigenvalue weighted by Crippen LogP contribution is 2.24. The number of aromatic nitrogens is 1. The molecule has 0 radical (unpaired) electrons. The first kappa shape index (κ1) is 15.4. The minimum Gasteiger partial charge on any atom is -0.468 e. The summed E-state index contributed by atoms with van der Waals surface area (Å²) in [7, 11) is 0. The molecule has 0 aromatic carbocycles. The fourth-order valence-electron chi connectivity index (χ4n) is 3.84. The van der Waals surface area contributed by atoms with E-state index < -0.39 is 0 Å². The summed E-state index contributed by atoms with van der Waals surface area (Å²) in [5, 5.41) is 0. The van der Waals surface area contributed by atoms with Crippen LogP contribution in [0.15, 0.2) is 41.1 Å². The zero-order valence-corrected chi connectivity index (χ0v) is 13.9. The summed E-state index contributed by atoms with van der Waals surface area (Å²) in [4.78, 5) is 21.7. The van der Waals surface area contributed by atoms with Gasteiger partial charge in [-0.05, 0) is 43.1 Å². The van der Waals surface area contributed by atoms with E-state index in [2.05, 4.69) is 16.0 Å². The van der Waals surface area contributed by atoms with Crippen LogP contribution >= 0.6 is 0 Å². The van der Waals surface area contributed by atoms with Gasteiger partial charge in [0, 0.05) is 37.9 Å². The van der Waals surface area contributed by atoms with E-state index in [1.807, 2.05) is 29.3 Å². The third-order valence-corrected chi connectivity index (χ3v) is 5.09. The van der Waals surface area contributed by atoms with Gasteiger partial charge in [-0.3, -0.25) is 14.7 Å². The topological polar surface area (TPSA) is 49.6 Å². The molecule has 2 aliphatic rings. The Morgan fingerprint density at radius 2 is 2.25 bits per heavy atom. The summed E-state index contributed by atoms with van der Waals surface area (Å²) < 4.78 is 5.44. The van der Waals surface area contributed by atoms with Crippen molar-refractivity contribution in [3.05, 3.63) is 53.7 Å². The number of hydrogen-bond donors (Lipinski definition) is 0. The summed E-state index contributed by atoms with van der Waals surface area (Å²) in [6, 6.07) is 7.96. The van der Waals surface area contributed by atoms with Gasteiger partial charge in [0.15, 0.2) is 0 Å². The lowest BCUT2D eigenvalue weighted by atomic mass is 9.95. The molecule has 0 N–H and O–H groups in total. The second kappa shape index (κ2) is 6.77. The molecule has 4 rings (SSSR count). The maximum absolute atomic E-state index is 13.0. The smallest absolute Gasteiger partial charge is 0.227 e. The number of carbonyl (C=O) groups is 1. The minimum absolute atomic E-state index is 0.104. The molecule has 0 saturated carbocycles. The molecule has 5 nitrogen and oxygen atoms in total. The highest BCUT2D eigenvalue weighted by Gasteiger charge is 2.31. The molecule has 2 aromatic rings. The number of furan rings is 1. The van der Waals surface area contributed by atoms with E-state index in [4.69, 9.17) is 4.42 Å². The molecule has 4 heterocycles. The molecule has 2 aliphatic heterocycles. The molecule has 0 aliphatic carbocycles. The van der Waals surface area contributed by atoms with Crippen LogP contribution in [0, 0.1) is 5.92 Å². The zero-order valence-electron chi connectivity index (χ0n) is 13.9. The minimum atomic E-state index is 0.104. The van der Waals surface area contributed by atoms with Crippen LogP contribution in [0.1, 0.15) is 29.9 Å². The molecular formula is C19H23N3O2. The SMILES string of the molecule is O=C([C@H]1CCCN(Cc2ccco2)C1)N1CCc2ncccc2C1. The van der Waals surface area contributed by atoms with Gasteiger partial charge in [0.1, 0.15) is 5.76 Å². The Morgan fingerprint density at radius 3 is 3.12 bits per heavy atom. The van der Waals surface area contributed by atoms with Crippen LogP contribution in [0.5, 0.6) is 0 Å². The van der Waals surface area contributed by atoms with Crippen LogP contribution in [0.2, 0.25) is 0 Å². The third kappa shape index (κ3) is 3.22. The van der Waals surface area contributed by atoms with Crippen molar-refractivity contribution in [2.45, 2.75) is 32.4 Å². The van der Waals surface area contributed by atoms with Crippen molar-refractivity contribution in [1.29, 1.82) is 0 Å². The van der Waals surface area contributed by atoms with E-state index in [0.717, 1.165) is 56.9 Å². The largest absolute Gasteiger partial charge is 0.468 e. The normalized spacial score (nSPS) is 21.5. The monoisotopic (exact) mass is 325 g/mol. The average molecular weight is 325 g/mol. The number of pyridine rings is 1. The predicted octanol–water partition coefficient (Wildman–Crippen LogP) is 2.47. The first-order valence-electron chi connectivity index (χ1n) is 8.76. The number of fused-ring (bicyclic) bond motifs is 1. The van der Waals surface area contributed by atoms with Crippen molar-refractivity contribution >= 4 is 5.91 Å². The molecule has 0 spiro atoms. The van der Waals surface area contributed by atoms with Gasteiger partial charge in [-0.1, -0.05) is 6.07 Å². The fraction of sp³-hybridized carbons (Fsp3) is 0.474. The zero-order chi connectivity index (χ0) is 16.4. The van der Waals surface area contributed by atoms with Crippen LogP contribution in [-0.4, -0.2) is 40.3 Å². The predicted molar refractivity (Wildman–Crippen MR) is 90.1 cm³/mol. The molecule has 1 fully saturated rings. The van der Waals surface area contributed by atoms with Crippen LogP contribution in [0.3, 0.4) is 0 Å². The molecule has 24 heavy (non-hydrogen) atoms. The van der Waals surface area contributed by atoms with E-state index in [1.54, 1.807) is 6.26 Å². The molecule has 0 bridgehead atoms. The lowest BCUT2D eigenvalue weighted by Gasteiger charge is -2.36. The Kier molecular flexibility index (Phi) is 4.34. The highest BCUT2D eigenvalue weighted by molar-refractivity contribution is 5.79. The lowest BCUT2D eigenvalue weighted by molar-refractivity contribution is -0.138. The highest BCUT2D eigenvalue weighted by atomic mass is 16.3. The van der Waals surface area contributed by atoms with E-state index >= 15 is 0 Å². The maximum atomic E-state index is 13.0. The van der Waals surface area contributed by atoms with Crippen LogP contribution < -0.4 is 0 Å². The van der Waals surface area contributed by atoms with E-state index in [9.17, 15) is 4.79 Å². The second-order valence-corrected chi connectivity index (χ2v) is 6.77. The van der Waals surface area contributed by atoms with Gasteiger partial charge in [0.2, 0.25) is 5.91 Å². The van der Waals surface area contributed by atoms with Crippen molar-refractivity contribution in [2.24, 2.45) is 5.92 Å². The van der Waals surface area contributed by atoms with Crippen molar-refractivity contribution < 1.29 is 9.21 Å². The van der Waals surface area contributed by atoms with Crippen molar-refractivity contribution in [3.63, 3.8) is 0 Å². The molecule has 126 valence electrons. The molecule has 2 aromatic heterocycles. The van der Waals surface area contributed by atoms with E-state index in [0.29, 0.717) is 12.5 Å². The Balaban J connectivity index is 1.39. The number of hydrogen-bond acceptors (Lipinski definition) is 4. The van der Waals surface area contributed by atoms with Gasteiger partial charge >= 0.3 is 0 Å². The van der Waals surface area contributed by atoms with E-state index in [-0.39, 0.29) is 5.92 Å². The van der Waals surface area contributed by atoms with Crippen molar-refractivity contribution in [1.82, 2.24) is 14.8 Å². The van der Waals surface area contributed by atoms with Crippen molar-refractivity contribution in [2.75, 3.05) is 19.6 Å². The summed E-state index contributed by atoms with van der Waals surface area (Å²) in [5.74, 6) is 1.38. The molecule has 0 unspecified atom stereocenters. The van der Waals surface area contributed by atoms with Gasteiger partial charge in [-0.25, -0.2) is 0 Å². The van der Waals surface area contributed by atoms with Crippen LogP contribution in [-0.2, 0) is 24.3 Å². The molecule has 1 amide bonds. The first-order chi connectivity index (χ1) is 11.8. The lowest BCUT2D eigenvalue weighted by Crippen LogP contribution is -2.46. The Morgan fingerprint density at radius 1 is 1.29 bits per heavy atom. The maximum Gasteiger partial charge on any atom is 0.227 e. The van der Waals surface area contributed by atoms with Gasteiger partial charge in [-0.2, -0.15) is 0 Å². The van der Waals surface area contributed by atoms with Crippen LogP contribution in [0.25, 0.3) is 0 Å². The summed E-state index contributed by atoms with van der Waals surface area (Å²) in [6.07, 6.45) is 6.48. The number of carbonyl (C=O) groups excluding carboxylic acids is 1. The number of piperidine rings is 1. The number of likely N-dealkylation sites (tertiary alicyclic amines) is 1. The van der Waals surface area contributed by atoms with Crippen LogP contribution in [0.4, 0.5) is 0 Å². The summed E-state index contributed by atoms with van der Waals surface area (Å²) in [5.41, 5.74) is 2.34. The Bertz CT molecular complexity index is 698. The Hall–Kier alpha value is -2.14. The second-order valence-electron chi connectivity index (χ2n) is 6.77. The standard InChI is InChI=1S/C19H23N3O2/c23-19(22-10-7-18-15(13-22)4-1-8-20-18)16-5-2-9-21(12-16)14-17-6-3-11-24-17/h1,3-4,6,8,11,16H,2,5,7,9-10,12-14H2/t16-/m0/s1. The van der Waals surface area contributed by atoms with Gasteiger partial charge in [-0.15, -0.1) is 0 Å². The quantitative estimate of drug-likeness (QED) is 0.870. The fourth-order valence-corrected chi connectivity index (χ4v) is 3.84. The molecule has 5 heteroatoms. The van der Waals surface area contributed by atoms with Gasteiger partial charge in [0.25, 0.3) is 0 Å². The van der Waals surface area contributed by atoms with Crippen molar-refractivity contribution in [3.8, 4) is 0 Å². The summed E-state index contributed by atoms with van der Waals surface area (Å²) in [6.45, 7) is 4.16. The van der Waals surface area contributed by atoms with E-state index in [1.165, 1.54) is 5.56 Å².